The molecule has 1 aromatic rings. The molecule has 0 aliphatic rings. The van der Waals surface area contributed by atoms with Gasteiger partial charge in [0.25, 0.3) is 0 Å². The standard InChI is InChI=1S/C14H21NO2/c1-5-8-15-10-12(3)17-13-7-6-11(2)9-14(13)16-4/h5-7,9,12,15H,1,8,10H2,2-4H3. The van der Waals surface area contributed by atoms with Crippen LogP contribution < -0.4 is 14.8 Å². The Labute approximate surface area is 103 Å². The van der Waals surface area contributed by atoms with Crippen molar-refractivity contribution in [1.29, 1.82) is 0 Å². The Hall–Kier alpha value is -1.48. The first-order chi connectivity index (χ1) is 8.17. The molecule has 1 aromatic carbocycles. The average molecular weight is 235 g/mol. The molecular weight excluding hydrogens is 214 g/mol. The van der Waals surface area contributed by atoms with Crippen molar-refractivity contribution in [2.24, 2.45) is 0 Å². The van der Waals surface area contributed by atoms with Gasteiger partial charge in [0, 0.05) is 13.1 Å². The van der Waals surface area contributed by atoms with Crippen molar-refractivity contribution in [1.82, 2.24) is 5.32 Å². The van der Waals surface area contributed by atoms with Crippen molar-refractivity contribution in [3.8, 4) is 11.5 Å². The fourth-order valence-electron chi connectivity index (χ4n) is 1.52. The lowest BCUT2D eigenvalue weighted by Gasteiger charge is -2.17. The zero-order chi connectivity index (χ0) is 12.7. The number of aryl methyl sites for hydroxylation is 1. The molecule has 94 valence electrons. The molecule has 0 aliphatic carbocycles. The topological polar surface area (TPSA) is 30.5 Å². The molecule has 0 aliphatic heterocycles. The molecule has 0 heterocycles. The van der Waals surface area contributed by atoms with Crippen molar-refractivity contribution in [2.45, 2.75) is 20.0 Å². The molecule has 0 aromatic heterocycles. The number of rotatable bonds is 7. The van der Waals surface area contributed by atoms with E-state index in [1.165, 1.54) is 0 Å². The Balaban J connectivity index is 2.57. The van der Waals surface area contributed by atoms with Crippen molar-refractivity contribution in [3.63, 3.8) is 0 Å². The molecule has 0 saturated heterocycles. The van der Waals surface area contributed by atoms with Crippen LogP contribution in [0.1, 0.15) is 12.5 Å². The SMILES string of the molecule is C=CCNCC(C)Oc1ccc(C)cc1OC. The Bertz CT molecular complexity index is 363. The van der Waals surface area contributed by atoms with E-state index in [-0.39, 0.29) is 6.10 Å². The van der Waals surface area contributed by atoms with Gasteiger partial charge in [0.05, 0.1) is 7.11 Å². The molecule has 0 bridgehead atoms. The normalized spacial score (nSPS) is 11.9. The van der Waals surface area contributed by atoms with Gasteiger partial charge in [-0.2, -0.15) is 0 Å². The molecule has 0 fully saturated rings. The highest BCUT2D eigenvalue weighted by atomic mass is 16.5. The van der Waals surface area contributed by atoms with Gasteiger partial charge in [-0.1, -0.05) is 12.1 Å². The monoisotopic (exact) mass is 235 g/mol. The van der Waals surface area contributed by atoms with E-state index in [2.05, 4.69) is 11.9 Å². The summed E-state index contributed by atoms with van der Waals surface area (Å²) < 4.78 is 11.1. The summed E-state index contributed by atoms with van der Waals surface area (Å²) in [4.78, 5) is 0. The summed E-state index contributed by atoms with van der Waals surface area (Å²) in [6.45, 7) is 9.28. The first-order valence-corrected chi connectivity index (χ1v) is 5.80. The minimum absolute atomic E-state index is 0.0894. The van der Waals surface area contributed by atoms with Gasteiger partial charge in [-0.05, 0) is 31.5 Å². The molecule has 1 atom stereocenters. The van der Waals surface area contributed by atoms with Gasteiger partial charge in [0.1, 0.15) is 6.10 Å². The fourth-order valence-corrected chi connectivity index (χ4v) is 1.52. The summed E-state index contributed by atoms with van der Waals surface area (Å²) in [6, 6.07) is 5.93. The maximum atomic E-state index is 5.82. The van der Waals surface area contributed by atoms with Crippen LogP contribution in [0.5, 0.6) is 11.5 Å². The van der Waals surface area contributed by atoms with E-state index in [0.717, 1.165) is 30.2 Å². The van der Waals surface area contributed by atoms with Crippen LogP contribution in [0.3, 0.4) is 0 Å². The van der Waals surface area contributed by atoms with Gasteiger partial charge in [-0.25, -0.2) is 0 Å². The third-order valence-electron chi connectivity index (χ3n) is 2.37. The molecule has 3 heteroatoms. The number of benzene rings is 1. The van der Waals surface area contributed by atoms with Crippen LogP contribution in [0, 0.1) is 6.92 Å². The van der Waals surface area contributed by atoms with Gasteiger partial charge in [-0.15, -0.1) is 6.58 Å². The lowest BCUT2D eigenvalue weighted by molar-refractivity contribution is 0.209. The van der Waals surface area contributed by atoms with Crippen LogP contribution in [0.2, 0.25) is 0 Å². The molecule has 1 rings (SSSR count). The summed E-state index contributed by atoms with van der Waals surface area (Å²) in [7, 11) is 1.66. The van der Waals surface area contributed by atoms with E-state index in [1.54, 1.807) is 7.11 Å². The molecule has 0 radical (unpaired) electrons. The van der Waals surface area contributed by atoms with E-state index >= 15 is 0 Å². The van der Waals surface area contributed by atoms with Gasteiger partial charge >= 0.3 is 0 Å². The summed E-state index contributed by atoms with van der Waals surface area (Å²) in [6.07, 6.45) is 1.92. The third-order valence-corrected chi connectivity index (χ3v) is 2.37. The second-order valence-electron chi connectivity index (χ2n) is 4.03. The molecule has 3 nitrogen and oxygen atoms in total. The predicted molar refractivity (Wildman–Crippen MR) is 70.9 cm³/mol. The number of hydrogen-bond donors (Lipinski definition) is 1. The maximum absolute atomic E-state index is 5.82. The second-order valence-corrected chi connectivity index (χ2v) is 4.03. The highest BCUT2D eigenvalue weighted by Crippen LogP contribution is 2.28. The summed E-state index contributed by atoms with van der Waals surface area (Å²) >= 11 is 0. The zero-order valence-corrected chi connectivity index (χ0v) is 10.8. The van der Waals surface area contributed by atoms with Gasteiger partial charge in [0.2, 0.25) is 0 Å². The van der Waals surface area contributed by atoms with Crippen LogP contribution in [0.4, 0.5) is 0 Å². The van der Waals surface area contributed by atoms with E-state index in [4.69, 9.17) is 9.47 Å². The zero-order valence-electron chi connectivity index (χ0n) is 10.8. The number of nitrogens with one attached hydrogen (secondary N) is 1. The Kier molecular flexibility index (Phi) is 5.57. The third kappa shape index (κ3) is 4.49. The summed E-state index contributed by atoms with van der Waals surface area (Å²) in [5.74, 6) is 1.56. The molecular formula is C14H21NO2. The predicted octanol–water partition coefficient (Wildman–Crippen LogP) is 2.55. The lowest BCUT2D eigenvalue weighted by Crippen LogP contribution is -2.29. The highest BCUT2D eigenvalue weighted by molar-refractivity contribution is 5.42. The van der Waals surface area contributed by atoms with Crippen LogP contribution in [-0.4, -0.2) is 26.3 Å². The van der Waals surface area contributed by atoms with Crippen molar-refractivity contribution >= 4 is 0 Å². The first kappa shape index (κ1) is 13.6. The van der Waals surface area contributed by atoms with Crippen molar-refractivity contribution in [2.75, 3.05) is 20.2 Å². The van der Waals surface area contributed by atoms with Crippen molar-refractivity contribution < 1.29 is 9.47 Å². The minimum Gasteiger partial charge on any atom is -0.493 e. The van der Waals surface area contributed by atoms with Gasteiger partial charge < -0.3 is 14.8 Å². The average Bonchev–Trinajstić information content (AvgIpc) is 2.32. The molecule has 0 spiro atoms. The Morgan fingerprint density at radius 1 is 1.41 bits per heavy atom. The Morgan fingerprint density at radius 3 is 2.82 bits per heavy atom. The maximum Gasteiger partial charge on any atom is 0.161 e. The van der Waals surface area contributed by atoms with E-state index in [1.807, 2.05) is 38.1 Å². The number of ether oxygens (including phenoxy) is 2. The highest BCUT2D eigenvalue weighted by Gasteiger charge is 2.08. The van der Waals surface area contributed by atoms with Crippen LogP contribution >= 0.6 is 0 Å². The number of hydrogen-bond acceptors (Lipinski definition) is 3. The smallest absolute Gasteiger partial charge is 0.161 e. The number of methoxy groups -OCH3 is 1. The summed E-state index contributed by atoms with van der Waals surface area (Å²) in [5, 5.41) is 3.22. The molecule has 0 amide bonds. The van der Waals surface area contributed by atoms with Gasteiger partial charge in [-0.3, -0.25) is 0 Å². The minimum atomic E-state index is 0.0894. The van der Waals surface area contributed by atoms with Crippen molar-refractivity contribution in [3.05, 3.63) is 36.4 Å². The van der Waals surface area contributed by atoms with Crippen LogP contribution in [0.15, 0.2) is 30.9 Å². The molecule has 1 unspecified atom stereocenters. The quantitative estimate of drug-likeness (QED) is 0.582. The second kappa shape index (κ2) is 6.97. The molecule has 0 saturated carbocycles. The van der Waals surface area contributed by atoms with Crippen LogP contribution in [-0.2, 0) is 0 Å². The molecule has 1 N–H and O–H groups in total. The van der Waals surface area contributed by atoms with E-state index in [9.17, 15) is 0 Å². The molecule has 17 heavy (non-hydrogen) atoms. The summed E-state index contributed by atoms with van der Waals surface area (Å²) in [5.41, 5.74) is 1.16. The Morgan fingerprint density at radius 2 is 2.18 bits per heavy atom. The van der Waals surface area contributed by atoms with E-state index in [0.29, 0.717) is 0 Å². The lowest BCUT2D eigenvalue weighted by atomic mass is 10.2. The van der Waals surface area contributed by atoms with Crippen LogP contribution in [0.25, 0.3) is 0 Å². The largest absolute Gasteiger partial charge is 0.493 e. The first-order valence-electron chi connectivity index (χ1n) is 5.80. The van der Waals surface area contributed by atoms with E-state index < -0.39 is 0 Å². The van der Waals surface area contributed by atoms with Gasteiger partial charge in [0.15, 0.2) is 11.5 Å². The fraction of sp³-hybridized carbons (Fsp3) is 0.429.